The number of aromatic nitrogens is 1. The standard InChI is InChI=1S/C18H19F2N3O3S2/c1-28(25,26)22-10-5-6-23(9-10)18(24)12-7-11(12)15-8-21-17(27-15)16-13(19)3-2-4-14(16)20/h2-4,8,10-12,22H,5-7,9H2,1H3/t10-,11+,12+/m0/s1. The Kier molecular flexibility index (Phi) is 4.96. The first-order chi connectivity index (χ1) is 13.2. The number of nitrogens with one attached hydrogen (secondary N) is 1. The van der Waals surface area contributed by atoms with Gasteiger partial charge >= 0.3 is 0 Å². The minimum atomic E-state index is -3.30. The highest BCUT2D eigenvalue weighted by Crippen LogP contribution is 2.51. The number of thiazole rings is 1. The Bertz CT molecular complexity index is 1000. The molecule has 0 bridgehead atoms. The first-order valence-electron chi connectivity index (χ1n) is 8.89. The van der Waals surface area contributed by atoms with Crippen molar-refractivity contribution in [2.75, 3.05) is 19.3 Å². The normalized spacial score (nSPS) is 24.5. The number of halogens is 2. The highest BCUT2D eigenvalue weighted by molar-refractivity contribution is 7.88. The van der Waals surface area contributed by atoms with Crippen LogP contribution < -0.4 is 4.72 Å². The second kappa shape index (κ2) is 7.16. The quantitative estimate of drug-likeness (QED) is 0.795. The molecule has 2 heterocycles. The van der Waals surface area contributed by atoms with Gasteiger partial charge < -0.3 is 4.90 Å². The Labute approximate surface area is 165 Å². The molecule has 1 aromatic heterocycles. The molecule has 1 aliphatic carbocycles. The number of amides is 1. The zero-order chi connectivity index (χ0) is 20.1. The van der Waals surface area contributed by atoms with Gasteiger partial charge in [0.2, 0.25) is 15.9 Å². The lowest BCUT2D eigenvalue weighted by atomic mass is 10.2. The van der Waals surface area contributed by atoms with Crippen LogP contribution in [0.25, 0.3) is 10.6 Å². The van der Waals surface area contributed by atoms with Gasteiger partial charge in [-0.1, -0.05) is 6.07 Å². The van der Waals surface area contributed by atoms with Crippen molar-refractivity contribution in [2.24, 2.45) is 5.92 Å². The van der Waals surface area contributed by atoms with E-state index in [2.05, 4.69) is 9.71 Å². The molecule has 10 heteroatoms. The fraction of sp³-hybridized carbons (Fsp3) is 0.444. The van der Waals surface area contributed by atoms with E-state index in [4.69, 9.17) is 0 Å². The number of sulfonamides is 1. The average molecular weight is 427 g/mol. The third-order valence-corrected chi connectivity index (χ3v) is 6.96. The molecule has 1 N–H and O–H groups in total. The second-order valence-electron chi connectivity index (χ2n) is 7.27. The molecule has 0 radical (unpaired) electrons. The highest BCUT2D eigenvalue weighted by atomic mass is 32.2. The van der Waals surface area contributed by atoms with E-state index in [1.165, 1.54) is 29.5 Å². The number of likely N-dealkylation sites (tertiary alicyclic amines) is 1. The molecule has 1 amide bonds. The molecule has 2 aliphatic rings. The molecule has 6 nitrogen and oxygen atoms in total. The van der Waals surface area contributed by atoms with E-state index in [0.29, 0.717) is 25.9 Å². The molecule has 4 rings (SSSR count). The van der Waals surface area contributed by atoms with Crippen molar-refractivity contribution in [3.05, 3.63) is 40.9 Å². The first-order valence-corrected chi connectivity index (χ1v) is 11.6. The topological polar surface area (TPSA) is 79.4 Å². The van der Waals surface area contributed by atoms with Crippen molar-refractivity contribution in [3.8, 4) is 10.6 Å². The van der Waals surface area contributed by atoms with Crippen molar-refractivity contribution in [3.63, 3.8) is 0 Å². The van der Waals surface area contributed by atoms with E-state index in [9.17, 15) is 22.0 Å². The summed E-state index contributed by atoms with van der Waals surface area (Å²) < 4.78 is 53.1. The number of carbonyl (C=O) groups is 1. The van der Waals surface area contributed by atoms with Crippen LogP contribution in [0.1, 0.15) is 23.6 Å². The van der Waals surface area contributed by atoms with Gasteiger partial charge in [-0.05, 0) is 25.0 Å². The lowest BCUT2D eigenvalue weighted by Crippen LogP contribution is -2.38. The lowest BCUT2D eigenvalue weighted by molar-refractivity contribution is -0.131. The Morgan fingerprint density at radius 3 is 2.71 bits per heavy atom. The number of carbonyl (C=O) groups excluding carboxylic acids is 1. The maximum Gasteiger partial charge on any atom is 0.226 e. The number of hydrogen-bond acceptors (Lipinski definition) is 5. The minimum absolute atomic E-state index is 0.00417. The Morgan fingerprint density at radius 2 is 2.04 bits per heavy atom. The van der Waals surface area contributed by atoms with E-state index in [0.717, 1.165) is 11.1 Å². The molecule has 28 heavy (non-hydrogen) atoms. The van der Waals surface area contributed by atoms with Gasteiger partial charge in [0.05, 0.1) is 11.8 Å². The van der Waals surface area contributed by atoms with E-state index >= 15 is 0 Å². The van der Waals surface area contributed by atoms with Gasteiger partial charge in [0.15, 0.2) is 0 Å². The Balaban J connectivity index is 1.41. The molecular formula is C18H19F2N3O3S2. The minimum Gasteiger partial charge on any atom is -0.341 e. The van der Waals surface area contributed by atoms with Crippen LogP contribution in [0.15, 0.2) is 24.4 Å². The van der Waals surface area contributed by atoms with E-state index in [1.807, 2.05) is 0 Å². The van der Waals surface area contributed by atoms with Crippen molar-refractivity contribution in [1.82, 2.24) is 14.6 Å². The van der Waals surface area contributed by atoms with Gasteiger partial charge in [-0.25, -0.2) is 26.9 Å². The third kappa shape index (κ3) is 3.94. The second-order valence-corrected chi connectivity index (χ2v) is 10.1. The monoisotopic (exact) mass is 427 g/mol. The summed E-state index contributed by atoms with van der Waals surface area (Å²) in [6.07, 6.45) is 3.95. The van der Waals surface area contributed by atoms with Crippen LogP contribution in [0.4, 0.5) is 8.78 Å². The highest BCUT2D eigenvalue weighted by Gasteiger charge is 2.48. The van der Waals surface area contributed by atoms with E-state index in [-0.39, 0.29) is 34.4 Å². The van der Waals surface area contributed by atoms with Crippen LogP contribution in [0, 0.1) is 17.6 Å². The Morgan fingerprint density at radius 1 is 1.32 bits per heavy atom. The van der Waals surface area contributed by atoms with Crippen molar-refractivity contribution in [2.45, 2.75) is 24.8 Å². The summed E-state index contributed by atoms with van der Waals surface area (Å²) in [5.41, 5.74) is -0.142. The van der Waals surface area contributed by atoms with Gasteiger partial charge in [0, 0.05) is 42.0 Å². The SMILES string of the molecule is CS(=O)(=O)N[C@H]1CCN(C(=O)[C@@H]2C[C@H]2c2cnc(-c3c(F)cccc3F)s2)C1. The van der Waals surface area contributed by atoms with Crippen LogP contribution in [0.2, 0.25) is 0 Å². The molecule has 1 aliphatic heterocycles. The van der Waals surface area contributed by atoms with Crippen LogP contribution >= 0.6 is 11.3 Å². The zero-order valence-corrected chi connectivity index (χ0v) is 16.7. The van der Waals surface area contributed by atoms with Gasteiger partial charge in [0.25, 0.3) is 0 Å². The molecule has 2 aromatic rings. The molecule has 1 aromatic carbocycles. The summed E-state index contributed by atoms with van der Waals surface area (Å²) in [7, 11) is -3.30. The first kappa shape index (κ1) is 19.4. The fourth-order valence-electron chi connectivity index (χ4n) is 3.65. The predicted molar refractivity (Wildman–Crippen MR) is 101 cm³/mol. The molecule has 1 saturated heterocycles. The fourth-order valence-corrected chi connectivity index (χ4v) is 5.59. The summed E-state index contributed by atoms with van der Waals surface area (Å²) >= 11 is 1.20. The number of benzene rings is 1. The zero-order valence-electron chi connectivity index (χ0n) is 15.1. The maximum absolute atomic E-state index is 13.9. The molecule has 1 saturated carbocycles. The van der Waals surface area contributed by atoms with Gasteiger partial charge in [0.1, 0.15) is 16.6 Å². The third-order valence-electron chi connectivity index (χ3n) is 5.05. The summed E-state index contributed by atoms with van der Waals surface area (Å²) in [6.45, 7) is 0.882. The molecular weight excluding hydrogens is 408 g/mol. The van der Waals surface area contributed by atoms with Gasteiger partial charge in [-0.15, -0.1) is 11.3 Å². The maximum atomic E-state index is 13.9. The molecule has 0 spiro atoms. The van der Waals surface area contributed by atoms with Crippen molar-refractivity contribution >= 4 is 27.3 Å². The molecule has 150 valence electrons. The van der Waals surface area contributed by atoms with E-state index in [1.54, 1.807) is 11.1 Å². The smallest absolute Gasteiger partial charge is 0.226 e. The van der Waals surface area contributed by atoms with Crippen molar-refractivity contribution < 1.29 is 22.0 Å². The average Bonchev–Trinajstić information content (AvgIpc) is 3.02. The summed E-state index contributed by atoms with van der Waals surface area (Å²) in [5, 5.41) is 0.266. The largest absolute Gasteiger partial charge is 0.341 e. The molecule has 0 unspecified atom stereocenters. The molecule has 3 atom stereocenters. The number of rotatable bonds is 5. The van der Waals surface area contributed by atoms with Crippen molar-refractivity contribution in [1.29, 1.82) is 0 Å². The number of hydrogen-bond donors (Lipinski definition) is 1. The molecule has 2 fully saturated rings. The van der Waals surface area contributed by atoms with Crippen LogP contribution in [0.5, 0.6) is 0 Å². The lowest BCUT2D eigenvalue weighted by Gasteiger charge is -2.16. The predicted octanol–water partition coefficient (Wildman–Crippen LogP) is 2.34. The summed E-state index contributed by atoms with van der Waals surface area (Å²) in [5.74, 6) is -1.52. The Hall–Kier alpha value is -1.91. The van der Waals surface area contributed by atoms with Crippen LogP contribution in [-0.2, 0) is 14.8 Å². The van der Waals surface area contributed by atoms with Crippen LogP contribution in [0.3, 0.4) is 0 Å². The summed E-state index contributed by atoms with van der Waals surface area (Å²) in [6, 6.07) is 3.43. The van der Waals surface area contributed by atoms with Gasteiger partial charge in [-0.2, -0.15) is 0 Å². The van der Waals surface area contributed by atoms with E-state index < -0.39 is 21.7 Å². The van der Waals surface area contributed by atoms with Gasteiger partial charge in [-0.3, -0.25) is 4.79 Å². The number of nitrogens with zero attached hydrogens (tertiary/aromatic N) is 2. The summed E-state index contributed by atoms with van der Waals surface area (Å²) in [4.78, 5) is 19.4. The van der Waals surface area contributed by atoms with Crippen LogP contribution in [-0.4, -0.2) is 49.6 Å².